The van der Waals surface area contributed by atoms with Crippen LogP contribution in [0.4, 0.5) is 0 Å². The first kappa shape index (κ1) is 11.3. The average Bonchev–Trinajstić information content (AvgIpc) is 2.51. The number of ether oxygens (including phenoxy) is 1. The minimum atomic E-state index is -0.253. The first-order valence-corrected chi connectivity index (χ1v) is 5.37. The van der Waals surface area contributed by atoms with Crippen LogP contribution in [0.1, 0.15) is 40.0 Å². The van der Waals surface area contributed by atoms with Gasteiger partial charge in [0.15, 0.2) is 0 Å². The molecule has 0 bridgehead atoms. The molecule has 1 aliphatic rings. The van der Waals surface area contributed by atoms with Gasteiger partial charge >= 0.3 is 5.97 Å². The molecule has 0 N–H and O–H groups in total. The minimum absolute atomic E-state index is 0.0455. The predicted molar refractivity (Wildman–Crippen MR) is 56.9 cm³/mol. The lowest BCUT2D eigenvalue weighted by molar-refractivity contribution is -0.145. The molecule has 3 unspecified atom stereocenters. The Hall–Kier alpha value is -0.790. The zero-order valence-corrected chi connectivity index (χ0v) is 9.38. The van der Waals surface area contributed by atoms with Crippen LogP contribution >= 0.6 is 0 Å². The average molecular weight is 196 g/mol. The van der Waals surface area contributed by atoms with E-state index in [2.05, 4.69) is 13.5 Å². The normalized spacial score (nSPS) is 28.5. The summed E-state index contributed by atoms with van der Waals surface area (Å²) in [6.45, 7) is 9.51. The van der Waals surface area contributed by atoms with Gasteiger partial charge in [-0.1, -0.05) is 19.9 Å². The molecule has 1 aliphatic carbocycles. The van der Waals surface area contributed by atoms with Crippen LogP contribution in [0.15, 0.2) is 12.2 Å². The molecule has 2 nitrogen and oxygen atoms in total. The molecule has 0 amide bonds. The molecule has 0 radical (unpaired) electrons. The van der Waals surface area contributed by atoms with Gasteiger partial charge < -0.3 is 4.74 Å². The maximum absolute atomic E-state index is 11.3. The van der Waals surface area contributed by atoms with Gasteiger partial charge in [0.2, 0.25) is 0 Å². The second-order valence-electron chi connectivity index (χ2n) is 4.57. The topological polar surface area (TPSA) is 26.3 Å². The molecular weight excluding hydrogens is 176 g/mol. The fourth-order valence-electron chi connectivity index (χ4n) is 2.04. The number of carbonyl (C=O) groups excluding carboxylic acids is 1. The predicted octanol–water partition coefficient (Wildman–Crippen LogP) is 2.93. The molecule has 14 heavy (non-hydrogen) atoms. The van der Waals surface area contributed by atoms with Crippen LogP contribution in [0, 0.1) is 11.8 Å². The molecule has 80 valence electrons. The molecule has 0 aliphatic heterocycles. The van der Waals surface area contributed by atoms with E-state index in [1.54, 1.807) is 6.92 Å². The van der Waals surface area contributed by atoms with Crippen molar-refractivity contribution in [1.82, 2.24) is 0 Å². The van der Waals surface area contributed by atoms with E-state index in [0.717, 1.165) is 5.92 Å². The molecule has 0 aromatic heterocycles. The van der Waals surface area contributed by atoms with Crippen molar-refractivity contribution >= 4 is 5.97 Å². The monoisotopic (exact) mass is 196 g/mol. The molecule has 0 saturated heterocycles. The van der Waals surface area contributed by atoms with E-state index >= 15 is 0 Å². The third-order valence-electron chi connectivity index (χ3n) is 3.04. The van der Waals surface area contributed by atoms with E-state index in [1.165, 1.54) is 19.3 Å². The Kier molecular flexibility index (Phi) is 3.73. The Morgan fingerprint density at radius 1 is 1.50 bits per heavy atom. The third-order valence-corrected chi connectivity index (χ3v) is 3.04. The second kappa shape index (κ2) is 4.63. The van der Waals surface area contributed by atoms with Crippen LogP contribution in [-0.2, 0) is 9.53 Å². The van der Waals surface area contributed by atoms with Crippen molar-refractivity contribution < 1.29 is 9.53 Å². The van der Waals surface area contributed by atoms with Gasteiger partial charge in [-0.05, 0) is 38.5 Å². The maximum Gasteiger partial charge on any atom is 0.333 e. The lowest BCUT2D eigenvalue weighted by Gasteiger charge is -2.19. The van der Waals surface area contributed by atoms with Crippen LogP contribution in [0.25, 0.3) is 0 Å². The molecular formula is C12H20O2. The number of hydrogen-bond donors (Lipinski definition) is 0. The standard InChI is InChI=1S/C12H20O2/c1-8(2)12(13)14-10(4)11-6-5-9(3)7-11/h9-11H,1,5-7H2,2-4H3. The number of carbonyl (C=O) groups is 1. The van der Waals surface area contributed by atoms with E-state index in [1.807, 2.05) is 6.92 Å². The van der Waals surface area contributed by atoms with Gasteiger partial charge in [0.1, 0.15) is 6.10 Å². The van der Waals surface area contributed by atoms with E-state index < -0.39 is 0 Å². The summed E-state index contributed by atoms with van der Waals surface area (Å²) in [4.78, 5) is 11.3. The van der Waals surface area contributed by atoms with Crippen LogP contribution in [0.2, 0.25) is 0 Å². The fourth-order valence-corrected chi connectivity index (χ4v) is 2.04. The summed E-state index contributed by atoms with van der Waals surface area (Å²) in [6.07, 6.45) is 3.68. The zero-order valence-electron chi connectivity index (χ0n) is 9.38. The summed E-state index contributed by atoms with van der Waals surface area (Å²) in [7, 11) is 0. The van der Waals surface area contributed by atoms with Crippen molar-refractivity contribution in [3.8, 4) is 0 Å². The molecule has 0 heterocycles. The Labute approximate surface area is 86.3 Å². The zero-order chi connectivity index (χ0) is 10.7. The Balaban J connectivity index is 2.38. The van der Waals surface area contributed by atoms with Crippen molar-refractivity contribution in [3.63, 3.8) is 0 Å². The first-order chi connectivity index (χ1) is 6.50. The van der Waals surface area contributed by atoms with E-state index in [4.69, 9.17) is 4.74 Å². The van der Waals surface area contributed by atoms with Gasteiger partial charge in [-0.2, -0.15) is 0 Å². The number of hydrogen-bond acceptors (Lipinski definition) is 2. The smallest absolute Gasteiger partial charge is 0.333 e. The highest BCUT2D eigenvalue weighted by atomic mass is 16.5. The molecule has 1 rings (SSSR count). The largest absolute Gasteiger partial charge is 0.459 e. The lowest BCUT2D eigenvalue weighted by Crippen LogP contribution is -2.22. The van der Waals surface area contributed by atoms with E-state index in [9.17, 15) is 4.79 Å². The maximum atomic E-state index is 11.3. The van der Waals surface area contributed by atoms with Gasteiger partial charge in [-0.25, -0.2) is 4.79 Å². The molecule has 0 aromatic rings. The Morgan fingerprint density at radius 2 is 2.14 bits per heavy atom. The third kappa shape index (κ3) is 2.86. The van der Waals surface area contributed by atoms with Gasteiger partial charge in [-0.15, -0.1) is 0 Å². The fraction of sp³-hybridized carbons (Fsp3) is 0.750. The van der Waals surface area contributed by atoms with Crippen LogP contribution in [0.3, 0.4) is 0 Å². The molecule has 1 fully saturated rings. The molecule has 1 saturated carbocycles. The van der Waals surface area contributed by atoms with Crippen molar-refractivity contribution in [2.24, 2.45) is 11.8 Å². The van der Waals surface area contributed by atoms with E-state index in [-0.39, 0.29) is 12.1 Å². The quantitative estimate of drug-likeness (QED) is 0.512. The highest BCUT2D eigenvalue weighted by Crippen LogP contribution is 2.33. The Morgan fingerprint density at radius 3 is 2.57 bits per heavy atom. The summed E-state index contributed by atoms with van der Waals surface area (Å²) < 4.78 is 5.31. The van der Waals surface area contributed by atoms with Crippen LogP contribution in [0.5, 0.6) is 0 Å². The van der Waals surface area contributed by atoms with Crippen LogP contribution in [-0.4, -0.2) is 12.1 Å². The highest BCUT2D eigenvalue weighted by Gasteiger charge is 2.28. The van der Waals surface area contributed by atoms with Crippen LogP contribution < -0.4 is 0 Å². The summed E-state index contributed by atoms with van der Waals surface area (Å²) in [5.41, 5.74) is 0.489. The Bertz CT molecular complexity index is 232. The van der Waals surface area contributed by atoms with Crippen molar-refractivity contribution in [2.75, 3.05) is 0 Å². The molecule has 0 spiro atoms. The van der Waals surface area contributed by atoms with Gasteiger partial charge in [0.25, 0.3) is 0 Å². The lowest BCUT2D eigenvalue weighted by atomic mass is 10.0. The number of rotatable bonds is 3. The molecule has 2 heteroatoms. The van der Waals surface area contributed by atoms with Gasteiger partial charge in [0.05, 0.1) is 0 Å². The first-order valence-electron chi connectivity index (χ1n) is 5.37. The van der Waals surface area contributed by atoms with Crippen molar-refractivity contribution in [2.45, 2.75) is 46.1 Å². The van der Waals surface area contributed by atoms with Gasteiger partial charge in [-0.3, -0.25) is 0 Å². The minimum Gasteiger partial charge on any atom is -0.459 e. The van der Waals surface area contributed by atoms with E-state index in [0.29, 0.717) is 11.5 Å². The summed E-state index contributed by atoms with van der Waals surface area (Å²) in [6, 6.07) is 0. The SMILES string of the molecule is C=C(C)C(=O)OC(C)C1CCC(C)C1. The molecule has 3 atom stereocenters. The molecule has 0 aromatic carbocycles. The second-order valence-corrected chi connectivity index (χ2v) is 4.57. The number of esters is 1. The van der Waals surface area contributed by atoms with Crippen molar-refractivity contribution in [1.29, 1.82) is 0 Å². The summed E-state index contributed by atoms with van der Waals surface area (Å²) in [5.74, 6) is 1.08. The van der Waals surface area contributed by atoms with Crippen molar-refractivity contribution in [3.05, 3.63) is 12.2 Å². The van der Waals surface area contributed by atoms with Gasteiger partial charge in [0, 0.05) is 5.57 Å². The highest BCUT2D eigenvalue weighted by molar-refractivity contribution is 5.87. The summed E-state index contributed by atoms with van der Waals surface area (Å²) in [5, 5.41) is 0. The summed E-state index contributed by atoms with van der Waals surface area (Å²) >= 11 is 0.